The van der Waals surface area contributed by atoms with E-state index in [1.807, 2.05) is 14.0 Å². The van der Waals surface area contributed by atoms with E-state index >= 15 is 0 Å². The summed E-state index contributed by atoms with van der Waals surface area (Å²) in [6.07, 6.45) is 7.55. The Balaban J connectivity index is 2.37. The number of amides is 2. The van der Waals surface area contributed by atoms with Crippen molar-refractivity contribution >= 4 is 6.03 Å². The van der Waals surface area contributed by atoms with Crippen molar-refractivity contribution in [2.45, 2.75) is 58.4 Å². The minimum absolute atomic E-state index is 0.0934. The average molecular weight is 226 g/mol. The van der Waals surface area contributed by atoms with Crippen molar-refractivity contribution in [3.05, 3.63) is 0 Å². The normalized spacial score (nSPS) is 24.4. The minimum atomic E-state index is 0.0934. The zero-order valence-corrected chi connectivity index (χ0v) is 11.0. The second kappa shape index (κ2) is 6.77. The summed E-state index contributed by atoms with van der Waals surface area (Å²) in [6, 6.07) is 0.518. The fraction of sp³-hybridized carbons (Fsp3) is 0.923. The predicted octanol–water partition coefficient (Wildman–Crippen LogP) is 3.01. The Kier molecular flexibility index (Phi) is 5.64. The van der Waals surface area contributed by atoms with Gasteiger partial charge >= 0.3 is 6.03 Å². The van der Waals surface area contributed by atoms with Crippen LogP contribution in [0.5, 0.6) is 0 Å². The number of hydrogen-bond acceptors (Lipinski definition) is 1. The molecule has 16 heavy (non-hydrogen) atoms. The molecule has 1 fully saturated rings. The van der Waals surface area contributed by atoms with Crippen LogP contribution in [-0.4, -0.2) is 30.6 Å². The summed E-state index contributed by atoms with van der Waals surface area (Å²) in [5.41, 5.74) is 0. The third-order valence-electron chi connectivity index (χ3n) is 3.72. The van der Waals surface area contributed by atoms with Gasteiger partial charge in [-0.05, 0) is 32.1 Å². The molecular weight excluding hydrogens is 200 g/mol. The average Bonchev–Trinajstić information content (AvgIpc) is 2.72. The number of rotatable bonds is 5. The molecule has 1 saturated carbocycles. The second-order valence-electron chi connectivity index (χ2n) is 4.90. The van der Waals surface area contributed by atoms with Crippen molar-refractivity contribution < 1.29 is 4.79 Å². The highest BCUT2D eigenvalue weighted by atomic mass is 16.2. The van der Waals surface area contributed by atoms with E-state index in [2.05, 4.69) is 12.2 Å². The summed E-state index contributed by atoms with van der Waals surface area (Å²) in [5, 5.41) is 3.18. The van der Waals surface area contributed by atoms with Gasteiger partial charge in [-0.3, -0.25) is 0 Å². The molecule has 2 amide bonds. The molecule has 0 bridgehead atoms. The first-order chi connectivity index (χ1) is 7.69. The van der Waals surface area contributed by atoms with E-state index < -0.39 is 0 Å². The number of nitrogens with zero attached hydrogens (tertiary/aromatic N) is 1. The Bertz CT molecular complexity index is 218. The molecule has 1 N–H and O–H groups in total. The molecule has 2 atom stereocenters. The summed E-state index contributed by atoms with van der Waals surface area (Å²) in [4.78, 5) is 13.5. The first kappa shape index (κ1) is 13.3. The van der Waals surface area contributed by atoms with Gasteiger partial charge in [-0.1, -0.05) is 26.2 Å². The molecule has 0 radical (unpaired) electrons. The van der Waals surface area contributed by atoms with Crippen LogP contribution in [0.2, 0.25) is 0 Å². The van der Waals surface area contributed by atoms with Gasteiger partial charge < -0.3 is 10.2 Å². The van der Waals surface area contributed by atoms with Gasteiger partial charge in [-0.25, -0.2) is 4.79 Å². The van der Waals surface area contributed by atoms with Crippen LogP contribution in [0.1, 0.15) is 52.4 Å². The third kappa shape index (κ3) is 3.69. The van der Waals surface area contributed by atoms with Crippen LogP contribution in [0.15, 0.2) is 0 Å². The van der Waals surface area contributed by atoms with Gasteiger partial charge in [0.05, 0.1) is 0 Å². The Labute approximate surface area is 99.6 Å². The molecule has 0 aromatic carbocycles. The molecule has 0 aliphatic heterocycles. The Hall–Kier alpha value is -0.730. The van der Waals surface area contributed by atoms with Crippen molar-refractivity contribution in [3.63, 3.8) is 0 Å². The SMILES string of the molecule is CCCC[C@H]1CCC[C@@H]1NC(=O)N(C)CC. The van der Waals surface area contributed by atoms with E-state index in [0.717, 1.165) is 13.0 Å². The van der Waals surface area contributed by atoms with Crippen LogP contribution < -0.4 is 5.32 Å². The lowest BCUT2D eigenvalue weighted by Gasteiger charge is -2.24. The number of carbonyl (C=O) groups excluding carboxylic acids is 1. The zero-order chi connectivity index (χ0) is 12.0. The molecule has 0 unspecified atom stereocenters. The summed E-state index contributed by atoms with van der Waals surface area (Å²) in [7, 11) is 1.85. The Morgan fingerprint density at radius 2 is 2.12 bits per heavy atom. The van der Waals surface area contributed by atoms with Gasteiger partial charge in [0.1, 0.15) is 0 Å². The number of urea groups is 1. The van der Waals surface area contributed by atoms with Crippen molar-refractivity contribution in [2.24, 2.45) is 5.92 Å². The first-order valence-corrected chi connectivity index (χ1v) is 6.70. The topological polar surface area (TPSA) is 32.3 Å². The van der Waals surface area contributed by atoms with Gasteiger partial charge in [0.25, 0.3) is 0 Å². The predicted molar refractivity (Wildman–Crippen MR) is 67.5 cm³/mol. The van der Waals surface area contributed by atoms with E-state index in [4.69, 9.17) is 0 Å². The second-order valence-corrected chi connectivity index (χ2v) is 4.90. The highest BCUT2D eigenvalue weighted by Crippen LogP contribution is 2.29. The molecule has 1 aliphatic rings. The molecule has 0 heterocycles. The lowest BCUT2D eigenvalue weighted by atomic mass is 9.97. The summed E-state index contributed by atoms with van der Waals surface area (Å²) in [6.45, 7) is 5.01. The number of hydrogen-bond donors (Lipinski definition) is 1. The smallest absolute Gasteiger partial charge is 0.317 e. The molecule has 3 heteroatoms. The van der Waals surface area contributed by atoms with Gasteiger partial charge in [-0.2, -0.15) is 0 Å². The quantitative estimate of drug-likeness (QED) is 0.768. The lowest BCUT2D eigenvalue weighted by Crippen LogP contribution is -2.44. The molecule has 0 saturated heterocycles. The van der Waals surface area contributed by atoms with Gasteiger partial charge in [-0.15, -0.1) is 0 Å². The van der Waals surface area contributed by atoms with Gasteiger partial charge in [0.2, 0.25) is 0 Å². The van der Waals surface area contributed by atoms with Crippen molar-refractivity contribution in [3.8, 4) is 0 Å². The highest BCUT2D eigenvalue weighted by Gasteiger charge is 2.28. The van der Waals surface area contributed by atoms with E-state index in [-0.39, 0.29) is 6.03 Å². The standard InChI is InChI=1S/C13H26N2O/c1-4-6-8-11-9-7-10-12(11)14-13(16)15(3)5-2/h11-12H,4-10H2,1-3H3,(H,14,16)/t11-,12-/m0/s1. The maximum absolute atomic E-state index is 11.8. The van der Waals surface area contributed by atoms with Crippen LogP contribution in [-0.2, 0) is 0 Å². The monoisotopic (exact) mass is 226 g/mol. The molecule has 94 valence electrons. The van der Waals surface area contributed by atoms with Crippen molar-refractivity contribution in [1.29, 1.82) is 0 Å². The van der Waals surface area contributed by atoms with E-state index in [1.54, 1.807) is 4.90 Å². The molecule has 0 aromatic heterocycles. The van der Waals surface area contributed by atoms with Gasteiger partial charge in [0, 0.05) is 19.6 Å². The fourth-order valence-corrected chi connectivity index (χ4v) is 2.45. The molecular formula is C13H26N2O. The summed E-state index contributed by atoms with van der Waals surface area (Å²) >= 11 is 0. The van der Waals surface area contributed by atoms with Crippen LogP contribution in [0.3, 0.4) is 0 Å². The largest absolute Gasteiger partial charge is 0.335 e. The Morgan fingerprint density at radius 1 is 1.38 bits per heavy atom. The molecule has 3 nitrogen and oxygen atoms in total. The minimum Gasteiger partial charge on any atom is -0.335 e. The maximum atomic E-state index is 11.8. The Morgan fingerprint density at radius 3 is 2.75 bits per heavy atom. The summed E-state index contributed by atoms with van der Waals surface area (Å²) in [5.74, 6) is 0.717. The molecule has 1 rings (SSSR count). The number of unbranched alkanes of at least 4 members (excludes halogenated alkanes) is 1. The molecule has 0 spiro atoms. The van der Waals surface area contributed by atoms with E-state index in [0.29, 0.717) is 12.0 Å². The van der Waals surface area contributed by atoms with Crippen LogP contribution in [0, 0.1) is 5.92 Å². The van der Waals surface area contributed by atoms with E-state index in [1.165, 1.54) is 32.1 Å². The maximum Gasteiger partial charge on any atom is 0.317 e. The lowest BCUT2D eigenvalue weighted by molar-refractivity contribution is 0.202. The number of carbonyl (C=O) groups is 1. The third-order valence-corrected chi connectivity index (χ3v) is 3.72. The van der Waals surface area contributed by atoms with Crippen LogP contribution in [0.25, 0.3) is 0 Å². The summed E-state index contributed by atoms with van der Waals surface area (Å²) < 4.78 is 0. The zero-order valence-electron chi connectivity index (χ0n) is 11.0. The molecule has 1 aliphatic carbocycles. The van der Waals surface area contributed by atoms with Crippen LogP contribution in [0.4, 0.5) is 4.79 Å². The van der Waals surface area contributed by atoms with Crippen molar-refractivity contribution in [2.75, 3.05) is 13.6 Å². The van der Waals surface area contributed by atoms with E-state index in [9.17, 15) is 4.79 Å². The van der Waals surface area contributed by atoms with Crippen LogP contribution >= 0.6 is 0 Å². The molecule has 0 aromatic rings. The van der Waals surface area contributed by atoms with Gasteiger partial charge in [0.15, 0.2) is 0 Å². The first-order valence-electron chi connectivity index (χ1n) is 6.70. The van der Waals surface area contributed by atoms with Crippen molar-refractivity contribution in [1.82, 2.24) is 10.2 Å². The number of nitrogens with one attached hydrogen (secondary N) is 1. The highest BCUT2D eigenvalue weighted by molar-refractivity contribution is 5.74. The fourth-order valence-electron chi connectivity index (χ4n) is 2.45.